The highest BCUT2D eigenvalue weighted by Gasteiger charge is 2.36. The Hall–Kier alpha value is -3.37. The summed E-state index contributed by atoms with van der Waals surface area (Å²) >= 11 is 0.684. The van der Waals surface area contributed by atoms with Gasteiger partial charge in [-0.05, 0) is 43.0 Å². The Labute approximate surface area is 188 Å². The highest BCUT2D eigenvalue weighted by molar-refractivity contribution is 8.18. The number of amides is 2. The van der Waals surface area contributed by atoms with E-state index in [2.05, 4.69) is 4.74 Å². The van der Waals surface area contributed by atoms with Gasteiger partial charge in [-0.2, -0.15) is 0 Å². The lowest BCUT2D eigenvalue weighted by molar-refractivity contribution is -0.143. The van der Waals surface area contributed by atoms with Crippen LogP contribution in [0.1, 0.15) is 11.1 Å². The van der Waals surface area contributed by atoms with Crippen molar-refractivity contribution in [1.82, 2.24) is 8.87 Å². The number of hydrogen-bond donors (Lipinski definition) is 0. The Morgan fingerprint density at radius 2 is 1.78 bits per heavy atom. The van der Waals surface area contributed by atoms with Crippen LogP contribution in [0, 0.1) is 6.92 Å². The predicted octanol–water partition coefficient (Wildman–Crippen LogP) is 3.40. The third-order valence-corrected chi connectivity index (χ3v) is 7.56. The van der Waals surface area contributed by atoms with Crippen molar-refractivity contribution in [2.24, 2.45) is 0 Å². The topological polar surface area (TPSA) is 103 Å². The van der Waals surface area contributed by atoms with Crippen LogP contribution < -0.4 is 0 Å². The van der Waals surface area contributed by atoms with Crippen molar-refractivity contribution in [2.45, 2.75) is 11.8 Å². The van der Waals surface area contributed by atoms with Crippen LogP contribution in [-0.4, -0.2) is 48.1 Å². The number of hydrogen-bond acceptors (Lipinski definition) is 7. The Morgan fingerprint density at radius 3 is 2.47 bits per heavy atom. The molecule has 0 aliphatic carbocycles. The molecule has 2 aromatic carbocycles. The van der Waals surface area contributed by atoms with Gasteiger partial charge in [-0.25, -0.2) is 12.4 Å². The van der Waals surface area contributed by atoms with E-state index < -0.39 is 33.7 Å². The van der Waals surface area contributed by atoms with Crippen molar-refractivity contribution in [3.05, 3.63) is 70.8 Å². The zero-order valence-corrected chi connectivity index (χ0v) is 18.8. The van der Waals surface area contributed by atoms with Crippen LogP contribution in [-0.2, 0) is 24.3 Å². The quantitative estimate of drug-likeness (QED) is 0.416. The molecule has 1 aliphatic rings. The summed E-state index contributed by atoms with van der Waals surface area (Å²) in [6, 6.07) is 13.4. The molecule has 0 spiro atoms. The lowest BCUT2D eigenvalue weighted by Gasteiger charge is -2.09. The Balaban J connectivity index is 1.79. The maximum absolute atomic E-state index is 13.3. The summed E-state index contributed by atoms with van der Waals surface area (Å²) in [4.78, 5) is 37.4. The summed E-state index contributed by atoms with van der Waals surface area (Å²) in [5.41, 5.74) is 1.83. The zero-order valence-electron chi connectivity index (χ0n) is 17.1. The normalized spacial score (nSPS) is 15.7. The molecule has 0 N–H and O–H groups in total. The summed E-state index contributed by atoms with van der Waals surface area (Å²) in [7, 11) is -2.73. The molecule has 2 heterocycles. The highest BCUT2D eigenvalue weighted by Crippen LogP contribution is 2.35. The van der Waals surface area contributed by atoms with Crippen LogP contribution in [0.5, 0.6) is 0 Å². The number of fused-ring (bicyclic) bond motifs is 1. The van der Waals surface area contributed by atoms with Gasteiger partial charge in [-0.1, -0.05) is 35.9 Å². The van der Waals surface area contributed by atoms with Crippen LogP contribution in [0.15, 0.2) is 64.5 Å². The van der Waals surface area contributed by atoms with Gasteiger partial charge in [0.2, 0.25) is 0 Å². The van der Waals surface area contributed by atoms with E-state index in [1.165, 1.54) is 31.5 Å². The molecule has 3 aromatic rings. The molecule has 32 heavy (non-hydrogen) atoms. The van der Waals surface area contributed by atoms with E-state index in [0.29, 0.717) is 28.2 Å². The van der Waals surface area contributed by atoms with Gasteiger partial charge in [-0.15, -0.1) is 0 Å². The summed E-state index contributed by atoms with van der Waals surface area (Å²) in [5.74, 6) is -1.35. The molecule has 0 saturated carbocycles. The maximum atomic E-state index is 13.3. The minimum absolute atomic E-state index is 0.0922. The third-order valence-electron chi connectivity index (χ3n) is 4.96. The number of esters is 1. The number of rotatable bonds is 5. The van der Waals surface area contributed by atoms with E-state index in [9.17, 15) is 22.8 Å². The van der Waals surface area contributed by atoms with Gasteiger partial charge in [0.05, 0.1) is 22.4 Å². The molecule has 10 heteroatoms. The number of para-hydroxylation sites is 1. The number of aromatic nitrogens is 1. The highest BCUT2D eigenvalue weighted by atomic mass is 32.2. The molecule has 1 aliphatic heterocycles. The molecule has 4 rings (SSSR count). The van der Waals surface area contributed by atoms with Gasteiger partial charge >= 0.3 is 5.97 Å². The Morgan fingerprint density at radius 1 is 1.09 bits per heavy atom. The van der Waals surface area contributed by atoms with Gasteiger partial charge in [0.25, 0.3) is 21.2 Å². The van der Waals surface area contributed by atoms with Gasteiger partial charge in [0.1, 0.15) is 6.54 Å². The molecule has 0 radical (unpaired) electrons. The van der Waals surface area contributed by atoms with E-state index in [1.807, 2.05) is 6.92 Å². The Kier molecular flexibility index (Phi) is 5.66. The number of benzene rings is 2. The van der Waals surface area contributed by atoms with Crippen molar-refractivity contribution in [3.63, 3.8) is 0 Å². The molecule has 0 unspecified atom stereocenters. The standard InChI is InChI=1S/C22H18N2O6S2/c1-14-7-9-16(10-8-14)32(28,29)24-12-15(17-5-3-4-6-18(17)24)11-19-21(26)23(22(27)31-19)13-20(25)30-2/h3-12H,13H2,1-2H3/b19-11-. The van der Waals surface area contributed by atoms with Crippen LogP contribution in [0.3, 0.4) is 0 Å². The summed E-state index contributed by atoms with van der Waals surface area (Å²) in [5, 5.41) is 0.00520. The first-order valence-corrected chi connectivity index (χ1v) is 11.7. The number of ether oxygens (including phenoxy) is 1. The predicted molar refractivity (Wildman–Crippen MR) is 120 cm³/mol. The minimum Gasteiger partial charge on any atom is -0.468 e. The SMILES string of the molecule is COC(=O)CN1C(=O)S/C(=C\c2cn(S(=O)(=O)c3ccc(C)cc3)c3ccccc23)C1=O. The molecule has 8 nitrogen and oxygen atoms in total. The van der Waals surface area contributed by atoms with E-state index in [1.54, 1.807) is 36.4 Å². The van der Waals surface area contributed by atoms with Crippen molar-refractivity contribution >= 4 is 55.9 Å². The molecule has 1 aromatic heterocycles. The summed E-state index contributed by atoms with van der Waals surface area (Å²) in [6.07, 6.45) is 2.89. The van der Waals surface area contributed by atoms with E-state index in [4.69, 9.17) is 0 Å². The molecular formula is C22H18N2O6S2. The van der Waals surface area contributed by atoms with Crippen molar-refractivity contribution in [1.29, 1.82) is 0 Å². The number of thioether (sulfide) groups is 1. The third kappa shape index (κ3) is 3.82. The first-order valence-electron chi connectivity index (χ1n) is 9.47. The van der Waals surface area contributed by atoms with E-state index >= 15 is 0 Å². The summed E-state index contributed by atoms with van der Waals surface area (Å²) < 4.78 is 32.3. The van der Waals surface area contributed by atoms with E-state index in [-0.39, 0.29) is 9.80 Å². The monoisotopic (exact) mass is 470 g/mol. The number of carbonyl (C=O) groups excluding carboxylic acids is 3. The van der Waals surface area contributed by atoms with Crippen molar-refractivity contribution < 1.29 is 27.5 Å². The fraction of sp³-hybridized carbons (Fsp3) is 0.136. The molecule has 1 saturated heterocycles. The second-order valence-corrected chi connectivity index (χ2v) is 9.87. The van der Waals surface area contributed by atoms with E-state index in [0.717, 1.165) is 14.4 Å². The van der Waals surface area contributed by atoms with Gasteiger partial charge in [-0.3, -0.25) is 19.3 Å². The number of carbonyl (C=O) groups is 3. The molecule has 164 valence electrons. The largest absolute Gasteiger partial charge is 0.468 e. The lowest BCUT2D eigenvalue weighted by atomic mass is 10.1. The number of nitrogens with zero attached hydrogens (tertiary/aromatic N) is 2. The Bertz CT molecular complexity index is 1390. The van der Waals surface area contributed by atoms with Crippen molar-refractivity contribution in [2.75, 3.05) is 13.7 Å². The summed E-state index contributed by atoms with van der Waals surface area (Å²) in [6.45, 7) is 1.38. The second-order valence-electron chi connectivity index (χ2n) is 7.06. The fourth-order valence-electron chi connectivity index (χ4n) is 3.28. The van der Waals surface area contributed by atoms with Crippen LogP contribution >= 0.6 is 11.8 Å². The van der Waals surface area contributed by atoms with Gasteiger partial charge in [0.15, 0.2) is 0 Å². The number of aryl methyl sites for hydroxylation is 1. The zero-order chi connectivity index (χ0) is 23.0. The lowest BCUT2D eigenvalue weighted by Crippen LogP contribution is -2.34. The fourth-order valence-corrected chi connectivity index (χ4v) is 5.49. The molecule has 0 bridgehead atoms. The van der Waals surface area contributed by atoms with Gasteiger partial charge in [0, 0.05) is 17.1 Å². The maximum Gasteiger partial charge on any atom is 0.325 e. The number of methoxy groups -OCH3 is 1. The molecule has 1 fully saturated rings. The van der Waals surface area contributed by atoms with Crippen LogP contribution in [0.25, 0.3) is 17.0 Å². The number of imide groups is 1. The smallest absolute Gasteiger partial charge is 0.325 e. The molecule has 2 amide bonds. The van der Waals surface area contributed by atoms with Crippen LogP contribution in [0.2, 0.25) is 0 Å². The average molecular weight is 471 g/mol. The molecular weight excluding hydrogens is 452 g/mol. The van der Waals surface area contributed by atoms with Crippen LogP contribution in [0.4, 0.5) is 4.79 Å². The van der Waals surface area contributed by atoms with Crippen molar-refractivity contribution in [3.8, 4) is 0 Å². The van der Waals surface area contributed by atoms with Gasteiger partial charge < -0.3 is 4.74 Å². The molecule has 0 atom stereocenters. The second kappa shape index (κ2) is 8.29. The minimum atomic E-state index is -3.89. The first-order chi connectivity index (χ1) is 15.2. The first kappa shape index (κ1) is 21.8. The average Bonchev–Trinajstić information content (AvgIpc) is 3.27.